The minimum absolute atomic E-state index is 0.0661. The Hall–Kier alpha value is -0.180. The van der Waals surface area contributed by atoms with Crippen LogP contribution >= 0.6 is 0 Å². The average molecular weight is 288 g/mol. The van der Waals surface area contributed by atoms with Crippen molar-refractivity contribution in [2.45, 2.75) is 32.8 Å². The second kappa shape index (κ2) is 6.67. The Balaban J connectivity index is 4.51. The van der Waals surface area contributed by atoms with Gasteiger partial charge in [0.15, 0.2) is 0 Å². The van der Waals surface area contributed by atoms with Crippen molar-refractivity contribution in [1.82, 2.24) is 0 Å². The lowest BCUT2D eigenvalue weighted by Crippen LogP contribution is -2.28. The van der Waals surface area contributed by atoms with E-state index >= 15 is 0 Å². The summed E-state index contributed by atoms with van der Waals surface area (Å²) in [5.74, 6) is -0.274. The van der Waals surface area contributed by atoms with Gasteiger partial charge in [-0.05, 0) is 13.3 Å². The van der Waals surface area contributed by atoms with Gasteiger partial charge in [0.2, 0.25) is 0 Å². The van der Waals surface area contributed by atoms with Crippen LogP contribution < -0.4 is 0 Å². The lowest BCUT2D eigenvalue weighted by molar-refractivity contribution is 0.111. The molecule has 0 aliphatic heterocycles. The molecule has 0 N–H and O–H groups in total. The standard InChI is InChI=1S/C9H20O6S2/c1-5-6-9(7-14-16(3,10)11)8(2)15-17(4,12)13/h8-9H,5-7H2,1-4H3. The molecule has 0 amide bonds. The molecule has 0 aliphatic rings. The Labute approximate surface area is 104 Å². The molecule has 0 aromatic rings. The van der Waals surface area contributed by atoms with Crippen LogP contribution in [-0.4, -0.2) is 42.1 Å². The normalized spacial score (nSPS) is 16.7. The summed E-state index contributed by atoms with van der Waals surface area (Å²) >= 11 is 0. The van der Waals surface area contributed by atoms with E-state index < -0.39 is 26.3 Å². The zero-order chi connectivity index (χ0) is 13.7. The highest BCUT2D eigenvalue weighted by atomic mass is 32.2. The van der Waals surface area contributed by atoms with Crippen LogP contribution in [0.2, 0.25) is 0 Å². The monoisotopic (exact) mass is 288 g/mol. The molecule has 0 aliphatic carbocycles. The average Bonchev–Trinajstić information content (AvgIpc) is 2.07. The van der Waals surface area contributed by atoms with E-state index in [1.165, 1.54) is 0 Å². The fourth-order valence-corrected chi connectivity index (χ4v) is 2.52. The predicted octanol–water partition coefficient (Wildman–Crippen LogP) is 0.744. The molecule has 0 saturated heterocycles. The van der Waals surface area contributed by atoms with Gasteiger partial charge in [-0.15, -0.1) is 0 Å². The summed E-state index contributed by atoms with van der Waals surface area (Å²) in [6.07, 6.45) is 2.73. The second-order valence-electron chi connectivity index (χ2n) is 4.04. The maximum atomic E-state index is 11.0. The van der Waals surface area contributed by atoms with Gasteiger partial charge in [-0.2, -0.15) is 16.8 Å². The van der Waals surface area contributed by atoms with Gasteiger partial charge in [0, 0.05) is 5.92 Å². The van der Waals surface area contributed by atoms with Crippen molar-refractivity contribution >= 4 is 20.2 Å². The maximum Gasteiger partial charge on any atom is 0.264 e. The van der Waals surface area contributed by atoms with Crippen LogP contribution in [-0.2, 0) is 28.6 Å². The van der Waals surface area contributed by atoms with E-state index in [0.29, 0.717) is 6.42 Å². The van der Waals surface area contributed by atoms with E-state index in [1.54, 1.807) is 6.92 Å². The fourth-order valence-electron chi connectivity index (χ4n) is 1.39. The van der Waals surface area contributed by atoms with Crippen molar-refractivity contribution in [3.63, 3.8) is 0 Å². The van der Waals surface area contributed by atoms with E-state index in [2.05, 4.69) is 4.18 Å². The first-order valence-electron chi connectivity index (χ1n) is 5.28. The van der Waals surface area contributed by atoms with Crippen LogP contribution in [0.25, 0.3) is 0 Å². The van der Waals surface area contributed by atoms with Gasteiger partial charge < -0.3 is 0 Å². The molecule has 0 spiro atoms. The van der Waals surface area contributed by atoms with Crippen molar-refractivity contribution in [1.29, 1.82) is 0 Å². The Morgan fingerprint density at radius 2 is 1.59 bits per heavy atom. The first-order valence-corrected chi connectivity index (χ1v) is 8.91. The van der Waals surface area contributed by atoms with Gasteiger partial charge >= 0.3 is 0 Å². The first-order chi connectivity index (χ1) is 7.55. The van der Waals surface area contributed by atoms with Gasteiger partial charge in [0.25, 0.3) is 20.2 Å². The minimum Gasteiger partial charge on any atom is -0.270 e. The van der Waals surface area contributed by atoms with Crippen molar-refractivity contribution < 1.29 is 25.2 Å². The molecule has 6 nitrogen and oxygen atoms in total. The molecule has 2 atom stereocenters. The summed E-state index contributed by atoms with van der Waals surface area (Å²) in [6.45, 7) is 3.44. The largest absolute Gasteiger partial charge is 0.270 e. The fraction of sp³-hybridized carbons (Fsp3) is 1.00. The third-order valence-corrected chi connectivity index (χ3v) is 3.36. The topological polar surface area (TPSA) is 86.7 Å². The molecule has 17 heavy (non-hydrogen) atoms. The third-order valence-electron chi connectivity index (χ3n) is 2.15. The second-order valence-corrected chi connectivity index (χ2v) is 7.29. The first kappa shape index (κ1) is 16.8. The molecule has 0 radical (unpaired) electrons. The molecule has 0 saturated carbocycles. The number of rotatable bonds is 8. The molecule has 104 valence electrons. The van der Waals surface area contributed by atoms with Gasteiger partial charge in [-0.1, -0.05) is 13.3 Å². The Bertz CT molecular complexity index is 411. The lowest BCUT2D eigenvalue weighted by atomic mass is 10.00. The zero-order valence-corrected chi connectivity index (χ0v) is 12.2. The van der Waals surface area contributed by atoms with Crippen LogP contribution in [0.4, 0.5) is 0 Å². The van der Waals surface area contributed by atoms with Crippen LogP contribution in [0.1, 0.15) is 26.7 Å². The van der Waals surface area contributed by atoms with Crippen LogP contribution in [0.5, 0.6) is 0 Å². The van der Waals surface area contributed by atoms with Gasteiger partial charge in [-0.25, -0.2) is 0 Å². The van der Waals surface area contributed by atoms with Gasteiger partial charge in [0.1, 0.15) is 0 Å². The summed E-state index contributed by atoms with van der Waals surface area (Å²) < 4.78 is 53.2. The summed E-state index contributed by atoms with van der Waals surface area (Å²) in [5, 5.41) is 0. The maximum absolute atomic E-state index is 11.0. The molecule has 0 fully saturated rings. The molecule has 0 rings (SSSR count). The SMILES string of the molecule is CCCC(COS(C)(=O)=O)C(C)OS(C)(=O)=O. The summed E-state index contributed by atoms with van der Waals surface area (Å²) in [7, 11) is -7.07. The molecular weight excluding hydrogens is 268 g/mol. The van der Waals surface area contributed by atoms with E-state index in [9.17, 15) is 16.8 Å². The van der Waals surface area contributed by atoms with E-state index in [-0.39, 0.29) is 12.5 Å². The van der Waals surface area contributed by atoms with E-state index in [1.807, 2.05) is 6.92 Å². The molecule has 2 unspecified atom stereocenters. The molecule has 0 aromatic heterocycles. The zero-order valence-electron chi connectivity index (χ0n) is 10.5. The van der Waals surface area contributed by atoms with Gasteiger partial charge in [0.05, 0.1) is 25.2 Å². The summed E-state index contributed by atoms with van der Waals surface area (Å²) in [4.78, 5) is 0. The van der Waals surface area contributed by atoms with Crippen molar-refractivity contribution in [2.24, 2.45) is 5.92 Å². The Morgan fingerprint density at radius 3 is 1.94 bits per heavy atom. The highest BCUT2D eigenvalue weighted by Crippen LogP contribution is 2.17. The summed E-state index contributed by atoms with van der Waals surface area (Å²) in [6, 6.07) is 0. The molecule has 0 bridgehead atoms. The predicted molar refractivity (Wildman–Crippen MR) is 64.6 cm³/mol. The molecule has 0 heterocycles. The van der Waals surface area contributed by atoms with Crippen LogP contribution in [0, 0.1) is 5.92 Å². The third kappa shape index (κ3) is 9.51. The highest BCUT2D eigenvalue weighted by Gasteiger charge is 2.22. The smallest absolute Gasteiger partial charge is 0.264 e. The summed E-state index contributed by atoms with van der Waals surface area (Å²) in [5.41, 5.74) is 0. The number of hydrogen-bond acceptors (Lipinski definition) is 6. The van der Waals surface area contributed by atoms with Crippen molar-refractivity contribution in [3.8, 4) is 0 Å². The van der Waals surface area contributed by atoms with E-state index in [0.717, 1.165) is 18.9 Å². The van der Waals surface area contributed by atoms with Crippen LogP contribution in [0.3, 0.4) is 0 Å². The Kier molecular flexibility index (Phi) is 6.60. The van der Waals surface area contributed by atoms with Crippen molar-refractivity contribution in [2.75, 3.05) is 19.1 Å². The molecule has 0 aromatic carbocycles. The highest BCUT2D eigenvalue weighted by molar-refractivity contribution is 7.86. The molecular formula is C9H20O6S2. The van der Waals surface area contributed by atoms with Gasteiger partial charge in [-0.3, -0.25) is 8.37 Å². The Morgan fingerprint density at radius 1 is 1.06 bits per heavy atom. The number of hydrogen-bond donors (Lipinski definition) is 0. The lowest BCUT2D eigenvalue weighted by Gasteiger charge is -2.21. The van der Waals surface area contributed by atoms with Crippen molar-refractivity contribution in [3.05, 3.63) is 0 Å². The minimum atomic E-state index is -3.55. The molecule has 8 heteroatoms. The van der Waals surface area contributed by atoms with Crippen LogP contribution in [0.15, 0.2) is 0 Å². The quantitative estimate of drug-likeness (QED) is 0.612. The van der Waals surface area contributed by atoms with E-state index in [4.69, 9.17) is 4.18 Å².